The van der Waals surface area contributed by atoms with Crippen LogP contribution in [0.2, 0.25) is 0 Å². The van der Waals surface area contributed by atoms with Gasteiger partial charge < -0.3 is 15.7 Å². The van der Waals surface area contributed by atoms with Crippen molar-refractivity contribution in [1.82, 2.24) is 4.90 Å². The molecule has 0 unspecified atom stereocenters. The number of carbonyl (C=O) groups excluding carboxylic acids is 1. The van der Waals surface area contributed by atoms with Crippen molar-refractivity contribution in [2.45, 2.75) is 38.5 Å². The molecule has 0 rings (SSSR count). The van der Waals surface area contributed by atoms with Crippen LogP contribution in [0, 0.1) is 5.92 Å². The summed E-state index contributed by atoms with van der Waals surface area (Å²) < 4.78 is 35.9. The first kappa shape index (κ1) is 17.2. The molecule has 0 spiro atoms. The Balaban J connectivity index is 3.83. The molecule has 108 valence electrons. The summed E-state index contributed by atoms with van der Waals surface area (Å²) in [5, 5.41) is 9.56. The van der Waals surface area contributed by atoms with Crippen molar-refractivity contribution in [3.05, 3.63) is 0 Å². The number of rotatable bonds is 8. The predicted octanol–water partition coefficient (Wildman–Crippen LogP) is 1.13. The van der Waals surface area contributed by atoms with Gasteiger partial charge in [0.25, 0.3) is 0 Å². The maximum atomic E-state index is 12.0. The van der Waals surface area contributed by atoms with Crippen LogP contribution < -0.4 is 5.73 Å². The van der Waals surface area contributed by atoms with Crippen LogP contribution in [0.3, 0.4) is 0 Å². The summed E-state index contributed by atoms with van der Waals surface area (Å²) in [7, 11) is 1.60. The lowest BCUT2D eigenvalue weighted by Crippen LogP contribution is -2.30. The van der Waals surface area contributed by atoms with Crippen molar-refractivity contribution in [3.63, 3.8) is 0 Å². The van der Waals surface area contributed by atoms with Crippen molar-refractivity contribution >= 4 is 5.91 Å². The van der Waals surface area contributed by atoms with Crippen LogP contribution in [-0.2, 0) is 4.79 Å². The number of hydrogen-bond acceptors (Lipinski definition) is 3. The van der Waals surface area contributed by atoms with E-state index in [4.69, 9.17) is 5.73 Å². The summed E-state index contributed by atoms with van der Waals surface area (Å²) in [6.07, 6.45) is -5.43. The van der Waals surface area contributed by atoms with E-state index in [-0.39, 0.29) is 18.9 Å². The van der Waals surface area contributed by atoms with Gasteiger partial charge in [-0.1, -0.05) is 6.92 Å². The molecule has 4 nitrogen and oxygen atoms in total. The third-order valence-electron chi connectivity index (χ3n) is 2.81. The normalized spacial score (nSPS) is 15.7. The second-order valence-electron chi connectivity index (χ2n) is 4.67. The van der Waals surface area contributed by atoms with Crippen LogP contribution in [0.1, 0.15) is 26.2 Å². The second kappa shape index (κ2) is 7.58. The fourth-order valence-corrected chi connectivity index (χ4v) is 1.45. The second-order valence-corrected chi connectivity index (χ2v) is 4.67. The Morgan fingerprint density at radius 3 is 2.39 bits per heavy atom. The molecule has 0 aliphatic heterocycles. The Hall–Kier alpha value is -0.820. The average Bonchev–Trinajstić information content (AvgIpc) is 2.20. The SMILES string of the molecule is C[C@H](CCN(C)CCC(F)(F)F)[C@@H](O)CC(N)=O. The minimum absolute atomic E-state index is 0.0673. The molecule has 2 atom stereocenters. The molecule has 0 aromatic heterocycles. The smallest absolute Gasteiger partial charge is 0.390 e. The fourth-order valence-electron chi connectivity index (χ4n) is 1.45. The lowest BCUT2D eigenvalue weighted by Gasteiger charge is -2.22. The molecule has 0 radical (unpaired) electrons. The van der Waals surface area contributed by atoms with E-state index in [1.807, 2.05) is 0 Å². The van der Waals surface area contributed by atoms with Crippen LogP contribution in [0.15, 0.2) is 0 Å². The van der Waals surface area contributed by atoms with Gasteiger partial charge in [0.2, 0.25) is 5.91 Å². The Kier molecular flexibility index (Phi) is 7.23. The number of carbonyl (C=O) groups is 1. The highest BCUT2D eigenvalue weighted by Gasteiger charge is 2.27. The summed E-state index contributed by atoms with van der Waals surface area (Å²) in [6.45, 7) is 2.11. The van der Waals surface area contributed by atoms with Crippen molar-refractivity contribution < 1.29 is 23.1 Å². The monoisotopic (exact) mass is 270 g/mol. The average molecular weight is 270 g/mol. The van der Waals surface area contributed by atoms with E-state index in [9.17, 15) is 23.1 Å². The number of amides is 1. The number of aliphatic hydroxyl groups excluding tert-OH is 1. The van der Waals surface area contributed by atoms with Crippen LogP contribution in [0.4, 0.5) is 13.2 Å². The largest absolute Gasteiger partial charge is 0.392 e. The standard InChI is InChI=1S/C11H21F3N2O2/c1-8(9(17)7-10(15)18)3-5-16(2)6-4-11(12,13)14/h8-9,17H,3-7H2,1-2H3,(H2,15,18)/t8-,9+/m1/s1. The maximum absolute atomic E-state index is 12.0. The molecule has 0 heterocycles. The summed E-state index contributed by atoms with van der Waals surface area (Å²) in [5.41, 5.74) is 4.95. The number of primary amides is 1. The van der Waals surface area contributed by atoms with Crippen LogP contribution >= 0.6 is 0 Å². The zero-order valence-electron chi connectivity index (χ0n) is 10.7. The lowest BCUT2D eigenvalue weighted by molar-refractivity contribution is -0.137. The van der Waals surface area contributed by atoms with E-state index in [2.05, 4.69) is 0 Å². The molecule has 0 bridgehead atoms. The van der Waals surface area contributed by atoms with E-state index in [1.165, 1.54) is 0 Å². The number of alkyl halides is 3. The molecule has 7 heteroatoms. The third kappa shape index (κ3) is 9.23. The first-order valence-corrected chi connectivity index (χ1v) is 5.83. The molecule has 3 N–H and O–H groups in total. The zero-order chi connectivity index (χ0) is 14.3. The van der Waals surface area contributed by atoms with Crippen LogP contribution in [0.25, 0.3) is 0 Å². The molecular weight excluding hydrogens is 249 g/mol. The van der Waals surface area contributed by atoms with Gasteiger partial charge in [-0.05, 0) is 25.9 Å². The number of nitrogens with zero attached hydrogens (tertiary/aromatic N) is 1. The predicted molar refractivity (Wildman–Crippen MR) is 61.8 cm³/mol. The van der Waals surface area contributed by atoms with Crippen molar-refractivity contribution in [2.75, 3.05) is 20.1 Å². The van der Waals surface area contributed by atoms with Gasteiger partial charge in [0.15, 0.2) is 0 Å². The van der Waals surface area contributed by atoms with Crippen molar-refractivity contribution in [1.29, 1.82) is 0 Å². The molecule has 0 aliphatic carbocycles. The van der Waals surface area contributed by atoms with Gasteiger partial charge in [-0.15, -0.1) is 0 Å². The molecule has 0 aliphatic rings. The van der Waals surface area contributed by atoms with Gasteiger partial charge in [0.1, 0.15) is 0 Å². The van der Waals surface area contributed by atoms with Crippen molar-refractivity contribution in [2.24, 2.45) is 11.7 Å². The van der Waals surface area contributed by atoms with E-state index < -0.39 is 24.6 Å². The van der Waals surface area contributed by atoms with Gasteiger partial charge in [0, 0.05) is 6.54 Å². The Labute approximate surface area is 105 Å². The quantitative estimate of drug-likeness (QED) is 0.695. The number of halogens is 3. The first-order chi connectivity index (χ1) is 8.11. The van der Waals surface area contributed by atoms with Crippen molar-refractivity contribution in [3.8, 4) is 0 Å². The molecule has 0 aromatic carbocycles. The van der Waals surface area contributed by atoms with E-state index >= 15 is 0 Å². The van der Waals surface area contributed by atoms with Crippen LogP contribution in [-0.4, -0.2) is 48.3 Å². The summed E-state index contributed by atoms with van der Waals surface area (Å²) in [6, 6.07) is 0. The van der Waals surface area contributed by atoms with Gasteiger partial charge in [-0.3, -0.25) is 4.79 Å². The minimum Gasteiger partial charge on any atom is -0.392 e. The topological polar surface area (TPSA) is 66.6 Å². The molecule has 0 saturated carbocycles. The first-order valence-electron chi connectivity index (χ1n) is 5.83. The zero-order valence-corrected chi connectivity index (χ0v) is 10.7. The molecule has 0 fully saturated rings. The van der Waals surface area contributed by atoms with E-state index in [0.717, 1.165) is 0 Å². The number of hydrogen-bond donors (Lipinski definition) is 2. The Morgan fingerprint density at radius 1 is 1.39 bits per heavy atom. The van der Waals surface area contributed by atoms with Crippen LogP contribution in [0.5, 0.6) is 0 Å². The van der Waals surface area contributed by atoms with Gasteiger partial charge >= 0.3 is 6.18 Å². The van der Waals surface area contributed by atoms with E-state index in [1.54, 1.807) is 18.9 Å². The molecule has 0 saturated heterocycles. The summed E-state index contributed by atoms with van der Waals surface area (Å²) in [5.74, 6) is -0.759. The number of nitrogens with two attached hydrogens (primary N) is 1. The molecular formula is C11H21F3N2O2. The van der Waals surface area contributed by atoms with Gasteiger partial charge in [-0.25, -0.2) is 0 Å². The Bertz CT molecular complexity index is 259. The summed E-state index contributed by atoms with van der Waals surface area (Å²) >= 11 is 0. The number of aliphatic hydroxyl groups is 1. The van der Waals surface area contributed by atoms with Gasteiger partial charge in [0.05, 0.1) is 18.9 Å². The molecule has 18 heavy (non-hydrogen) atoms. The third-order valence-corrected chi connectivity index (χ3v) is 2.81. The minimum atomic E-state index is -4.15. The highest BCUT2D eigenvalue weighted by molar-refractivity contribution is 5.74. The van der Waals surface area contributed by atoms with Gasteiger partial charge in [-0.2, -0.15) is 13.2 Å². The highest BCUT2D eigenvalue weighted by atomic mass is 19.4. The molecule has 1 amide bonds. The highest BCUT2D eigenvalue weighted by Crippen LogP contribution is 2.19. The lowest BCUT2D eigenvalue weighted by atomic mass is 9.98. The maximum Gasteiger partial charge on any atom is 0.390 e. The fraction of sp³-hybridized carbons (Fsp3) is 0.909. The molecule has 0 aromatic rings. The summed E-state index contributed by atoms with van der Waals surface area (Å²) in [4.78, 5) is 12.1. The van der Waals surface area contributed by atoms with E-state index in [0.29, 0.717) is 13.0 Å². The Morgan fingerprint density at radius 2 is 1.94 bits per heavy atom.